The van der Waals surface area contributed by atoms with Crippen LogP contribution in [0.2, 0.25) is 5.02 Å². The number of aromatic nitrogens is 1. The van der Waals surface area contributed by atoms with E-state index in [0.29, 0.717) is 42.3 Å². The number of piperazine rings is 1. The molecule has 1 unspecified atom stereocenters. The van der Waals surface area contributed by atoms with Crippen molar-refractivity contribution < 1.29 is 14.0 Å². The summed E-state index contributed by atoms with van der Waals surface area (Å²) in [6.45, 7) is 4.03. The van der Waals surface area contributed by atoms with Gasteiger partial charge in [0.15, 0.2) is 5.58 Å². The van der Waals surface area contributed by atoms with Gasteiger partial charge in [-0.15, -0.1) is 0 Å². The van der Waals surface area contributed by atoms with E-state index in [4.69, 9.17) is 16.0 Å². The Morgan fingerprint density at radius 3 is 2.45 bits per heavy atom. The van der Waals surface area contributed by atoms with Crippen molar-refractivity contribution in [3.05, 3.63) is 64.1 Å². The Morgan fingerprint density at radius 2 is 1.74 bits per heavy atom. The van der Waals surface area contributed by atoms with Crippen LogP contribution in [-0.4, -0.2) is 54.0 Å². The Labute approximate surface area is 184 Å². The molecule has 8 nitrogen and oxygen atoms in total. The van der Waals surface area contributed by atoms with E-state index in [1.165, 1.54) is 4.57 Å². The van der Waals surface area contributed by atoms with Gasteiger partial charge in [-0.25, -0.2) is 4.79 Å². The van der Waals surface area contributed by atoms with Crippen LogP contribution in [0.4, 0.5) is 5.69 Å². The molecule has 0 saturated carbocycles. The van der Waals surface area contributed by atoms with Crippen LogP contribution in [0.5, 0.6) is 0 Å². The molecule has 1 aliphatic rings. The predicted molar refractivity (Wildman–Crippen MR) is 118 cm³/mol. The van der Waals surface area contributed by atoms with Gasteiger partial charge in [0.05, 0.1) is 12.1 Å². The Balaban J connectivity index is 1.31. The lowest BCUT2D eigenvalue weighted by atomic mass is 10.2. The van der Waals surface area contributed by atoms with Gasteiger partial charge in [0, 0.05) is 36.9 Å². The minimum Gasteiger partial charge on any atom is -0.408 e. The Bertz CT molecular complexity index is 1150. The average molecular weight is 443 g/mol. The molecule has 4 rings (SSSR count). The molecule has 0 spiro atoms. The largest absolute Gasteiger partial charge is 0.420 e. The number of anilines is 1. The molecule has 162 valence electrons. The minimum absolute atomic E-state index is 0.116. The second kappa shape index (κ2) is 8.85. The van der Waals surface area contributed by atoms with Crippen molar-refractivity contribution in [3.8, 4) is 0 Å². The van der Waals surface area contributed by atoms with Gasteiger partial charge < -0.3 is 19.5 Å². The number of carbonyl (C=O) groups is 2. The van der Waals surface area contributed by atoms with Crippen LogP contribution < -0.4 is 16.0 Å². The molecule has 0 radical (unpaired) electrons. The molecular formula is C22H23ClN4O4. The zero-order chi connectivity index (χ0) is 22.0. The Kier molecular flexibility index (Phi) is 5.99. The minimum atomic E-state index is -0.800. The van der Waals surface area contributed by atoms with Crippen molar-refractivity contribution >= 4 is 40.2 Å². The molecule has 2 heterocycles. The molecule has 1 N–H and O–H groups in total. The van der Waals surface area contributed by atoms with Crippen LogP contribution in [0.15, 0.2) is 57.7 Å². The number of fused-ring (bicyclic) bond motifs is 1. The van der Waals surface area contributed by atoms with Gasteiger partial charge in [0.25, 0.3) is 0 Å². The van der Waals surface area contributed by atoms with Crippen molar-refractivity contribution in [2.45, 2.75) is 13.0 Å². The first-order chi connectivity index (χ1) is 14.9. The summed E-state index contributed by atoms with van der Waals surface area (Å²) in [6, 6.07) is 13.7. The first-order valence-corrected chi connectivity index (χ1v) is 10.5. The predicted octanol–water partition coefficient (Wildman–Crippen LogP) is 2.27. The molecular weight excluding hydrogens is 420 g/mol. The maximum Gasteiger partial charge on any atom is 0.420 e. The third-order valence-electron chi connectivity index (χ3n) is 5.52. The second-order valence-corrected chi connectivity index (χ2v) is 7.88. The summed E-state index contributed by atoms with van der Waals surface area (Å²) in [5, 5.41) is 3.34. The van der Waals surface area contributed by atoms with Crippen molar-refractivity contribution in [1.29, 1.82) is 0 Å². The summed E-state index contributed by atoms with van der Waals surface area (Å²) in [5.74, 6) is -1.17. The number of benzene rings is 2. The van der Waals surface area contributed by atoms with Crippen molar-refractivity contribution in [3.63, 3.8) is 0 Å². The van der Waals surface area contributed by atoms with Gasteiger partial charge in [0.1, 0.15) is 6.04 Å². The molecule has 1 atom stereocenters. The summed E-state index contributed by atoms with van der Waals surface area (Å²) in [4.78, 5) is 41.2. The lowest BCUT2D eigenvalue weighted by molar-refractivity contribution is -0.133. The van der Waals surface area contributed by atoms with Gasteiger partial charge in [-0.2, -0.15) is 0 Å². The molecule has 1 fully saturated rings. The first-order valence-electron chi connectivity index (χ1n) is 10.1. The van der Waals surface area contributed by atoms with Crippen molar-refractivity contribution in [2.75, 3.05) is 37.6 Å². The highest BCUT2D eigenvalue weighted by molar-refractivity contribution is 6.30. The molecule has 0 aliphatic carbocycles. The molecule has 2 amide bonds. The van der Waals surface area contributed by atoms with Crippen LogP contribution in [0.1, 0.15) is 13.0 Å². The summed E-state index contributed by atoms with van der Waals surface area (Å²) in [5.41, 5.74) is 2.03. The van der Waals surface area contributed by atoms with Gasteiger partial charge >= 0.3 is 5.76 Å². The lowest BCUT2D eigenvalue weighted by Crippen LogP contribution is -2.51. The van der Waals surface area contributed by atoms with E-state index in [-0.39, 0.29) is 12.5 Å². The number of amides is 2. The SMILES string of the molecule is CC(C(=O)NCC(=O)N1CCN(c2ccc(Cl)cc2)CC1)n1c(=O)oc2ccccc21. The van der Waals surface area contributed by atoms with E-state index >= 15 is 0 Å². The first kappa shape index (κ1) is 21.0. The van der Waals surface area contributed by atoms with Crippen LogP contribution in [-0.2, 0) is 9.59 Å². The standard InChI is InChI=1S/C22H23ClN4O4/c1-15(27-18-4-2-3-5-19(18)31-22(27)30)21(29)24-14-20(28)26-12-10-25(11-13-26)17-8-6-16(23)7-9-17/h2-9,15H,10-14H2,1H3,(H,24,29). The van der Waals surface area contributed by atoms with E-state index < -0.39 is 17.7 Å². The number of nitrogens with one attached hydrogen (secondary N) is 1. The van der Waals surface area contributed by atoms with Gasteiger partial charge in [-0.1, -0.05) is 23.7 Å². The van der Waals surface area contributed by atoms with E-state index in [1.807, 2.05) is 24.3 Å². The van der Waals surface area contributed by atoms with Crippen LogP contribution in [0.25, 0.3) is 11.1 Å². The highest BCUT2D eigenvalue weighted by Gasteiger charge is 2.24. The molecule has 1 aromatic heterocycles. The van der Waals surface area contributed by atoms with Gasteiger partial charge in [-0.05, 0) is 43.3 Å². The fraction of sp³-hybridized carbons (Fsp3) is 0.318. The number of halogens is 1. The van der Waals surface area contributed by atoms with E-state index in [1.54, 1.807) is 36.1 Å². The molecule has 1 aliphatic heterocycles. The topological polar surface area (TPSA) is 87.8 Å². The zero-order valence-corrected chi connectivity index (χ0v) is 17.8. The maximum atomic E-state index is 12.6. The van der Waals surface area contributed by atoms with Crippen molar-refractivity contribution in [2.24, 2.45) is 0 Å². The Hall–Kier alpha value is -3.26. The van der Waals surface area contributed by atoms with Gasteiger partial charge in [0.2, 0.25) is 11.8 Å². The van der Waals surface area contributed by atoms with E-state index in [9.17, 15) is 14.4 Å². The normalized spacial score (nSPS) is 15.2. The third-order valence-corrected chi connectivity index (χ3v) is 5.78. The third kappa shape index (κ3) is 4.44. The molecule has 2 aromatic carbocycles. The number of para-hydroxylation sites is 2. The smallest absolute Gasteiger partial charge is 0.408 e. The lowest BCUT2D eigenvalue weighted by Gasteiger charge is -2.36. The quantitative estimate of drug-likeness (QED) is 0.655. The fourth-order valence-corrected chi connectivity index (χ4v) is 3.88. The Morgan fingerprint density at radius 1 is 1.06 bits per heavy atom. The number of oxazole rings is 1. The summed E-state index contributed by atoms with van der Waals surface area (Å²) < 4.78 is 6.48. The van der Waals surface area contributed by atoms with Crippen LogP contribution in [0.3, 0.4) is 0 Å². The number of hydrogen-bond acceptors (Lipinski definition) is 5. The summed E-state index contributed by atoms with van der Waals surface area (Å²) in [7, 11) is 0. The molecule has 0 bridgehead atoms. The summed E-state index contributed by atoms with van der Waals surface area (Å²) >= 11 is 5.94. The number of carbonyl (C=O) groups excluding carboxylic acids is 2. The number of hydrogen-bond donors (Lipinski definition) is 1. The average Bonchev–Trinajstić information content (AvgIpc) is 3.13. The molecule has 31 heavy (non-hydrogen) atoms. The molecule has 3 aromatic rings. The monoisotopic (exact) mass is 442 g/mol. The number of nitrogens with zero attached hydrogens (tertiary/aromatic N) is 3. The highest BCUT2D eigenvalue weighted by Crippen LogP contribution is 2.20. The molecule has 9 heteroatoms. The maximum absolute atomic E-state index is 12.6. The van der Waals surface area contributed by atoms with Crippen molar-refractivity contribution in [1.82, 2.24) is 14.8 Å². The summed E-state index contributed by atoms with van der Waals surface area (Å²) in [6.07, 6.45) is 0. The zero-order valence-electron chi connectivity index (χ0n) is 17.1. The van der Waals surface area contributed by atoms with E-state index in [2.05, 4.69) is 10.2 Å². The molecule has 1 saturated heterocycles. The van der Waals surface area contributed by atoms with Gasteiger partial charge in [-0.3, -0.25) is 14.2 Å². The van der Waals surface area contributed by atoms with Crippen LogP contribution in [0, 0.1) is 0 Å². The second-order valence-electron chi connectivity index (χ2n) is 7.44. The van der Waals surface area contributed by atoms with Crippen LogP contribution >= 0.6 is 11.6 Å². The van der Waals surface area contributed by atoms with E-state index in [0.717, 1.165) is 5.69 Å². The fourth-order valence-electron chi connectivity index (χ4n) is 3.76. The number of rotatable bonds is 5. The highest BCUT2D eigenvalue weighted by atomic mass is 35.5.